The zero-order chi connectivity index (χ0) is 21.7. The Bertz CT molecular complexity index is 1420. The summed E-state index contributed by atoms with van der Waals surface area (Å²) in [6, 6.07) is 27.7. The molecule has 0 aliphatic heterocycles. The Morgan fingerprint density at radius 3 is 1.38 bits per heavy atom. The van der Waals surface area contributed by atoms with E-state index in [4.69, 9.17) is 21.4 Å². The summed E-state index contributed by atoms with van der Waals surface area (Å²) in [5.74, 6) is 1.53. The average Bonchev–Trinajstić information content (AvgIpc) is 3.43. The number of fused-ring (bicyclic) bond motifs is 2. The molecule has 6 rings (SSSR count). The summed E-state index contributed by atoms with van der Waals surface area (Å²) in [5.41, 5.74) is 21.3. The van der Waals surface area contributed by atoms with Crippen LogP contribution in [-0.4, -0.2) is 19.9 Å². The van der Waals surface area contributed by atoms with Crippen LogP contribution in [0, 0.1) is 0 Å². The number of hydrogen-bond donors (Lipinski definition) is 4. The van der Waals surface area contributed by atoms with Crippen molar-refractivity contribution in [3.63, 3.8) is 0 Å². The van der Waals surface area contributed by atoms with E-state index in [9.17, 15) is 0 Å². The van der Waals surface area contributed by atoms with Crippen molar-refractivity contribution >= 4 is 33.4 Å². The molecule has 0 saturated heterocycles. The molecule has 154 valence electrons. The summed E-state index contributed by atoms with van der Waals surface area (Å²) in [6.07, 6.45) is 0. The lowest BCUT2D eigenvalue weighted by atomic mass is 9.93. The Morgan fingerprint density at radius 2 is 0.938 bits per heavy atom. The normalized spacial score (nSPS) is 11.4. The number of imidazole rings is 2. The molecule has 0 aliphatic rings. The Hall–Kier alpha value is -4.58. The number of nitrogens with one attached hydrogen (secondary N) is 2. The Balaban J connectivity index is 1.59. The van der Waals surface area contributed by atoms with E-state index < -0.39 is 0 Å². The second-order valence-electron chi connectivity index (χ2n) is 7.82. The van der Waals surface area contributed by atoms with Crippen LogP contribution in [0.2, 0.25) is 0 Å². The highest BCUT2D eigenvalue weighted by atomic mass is 14.9. The maximum atomic E-state index is 6.18. The molecule has 2 heterocycles. The minimum Gasteiger partial charge on any atom is -0.399 e. The number of benzene rings is 4. The molecule has 0 unspecified atom stereocenters. The van der Waals surface area contributed by atoms with Gasteiger partial charge in [0.25, 0.3) is 0 Å². The first-order valence-electron chi connectivity index (χ1n) is 10.4. The van der Waals surface area contributed by atoms with Gasteiger partial charge in [0.15, 0.2) is 0 Å². The molecule has 0 saturated carbocycles. The summed E-state index contributed by atoms with van der Waals surface area (Å²) in [4.78, 5) is 16.5. The first-order valence-corrected chi connectivity index (χ1v) is 10.4. The zero-order valence-corrected chi connectivity index (χ0v) is 17.1. The summed E-state index contributed by atoms with van der Waals surface area (Å²) in [6.45, 7) is 0. The topological polar surface area (TPSA) is 109 Å². The average molecular weight is 416 g/mol. The second kappa shape index (κ2) is 6.99. The number of aromatic amines is 2. The van der Waals surface area contributed by atoms with E-state index in [1.165, 1.54) is 0 Å². The van der Waals surface area contributed by atoms with Crippen LogP contribution in [-0.2, 0) is 0 Å². The molecule has 2 aromatic heterocycles. The number of anilines is 2. The predicted octanol–water partition coefficient (Wildman–Crippen LogP) is 5.60. The van der Waals surface area contributed by atoms with Crippen molar-refractivity contribution in [1.82, 2.24) is 19.9 Å². The molecule has 0 fully saturated rings. The van der Waals surface area contributed by atoms with Gasteiger partial charge in [0.2, 0.25) is 0 Å². The van der Waals surface area contributed by atoms with Crippen LogP contribution >= 0.6 is 0 Å². The van der Waals surface area contributed by atoms with Crippen molar-refractivity contribution in [2.45, 2.75) is 0 Å². The number of nitrogens with zero attached hydrogens (tertiary/aromatic N) is 2. The third-order valence-electron chi connectivity index (χ3n) is 5.67. The Morgan fingerprint density at radius 1 is 0.500 bits per heavy atom. The van der Waals surface area contributed by atoms with E-state index in [0.717, 1.165) is 56.0 Å². The number of aromatic nitrogens is 4. The molecule has 6 aromatic rings. The Labute approximate surface area is 184 Å². The van der Waals surface area contributed by atoms with Crippen LogP contribution in [0.3, 0.4) is 0 Å². The van der Waals surface area contributed by atoms with Gasteiger partial charge in [-0.15, -0.1) is 0 Å². The van der Waals surface area contributed by atoms with Gasteiger partial charge >= 0.3 is 0 Å². The summed E-state index contributed by atoms with van der Waals surface area (Å²) in [7, 11) is 0. The monoisotopic (exact) mass is 416 g/mol. The number of rotatable bonds is 3. The number of H-pyrrole nitrogens is 2. The molecular formula is C26H20N6. The molecule has 6 N–H and O–H groups in total. The Kier molecular flexibility index (Phi) is 3.98. The van der Waals surface area contributed by atoms with Crippen LogP contribution in [0.25, 0.3) is 56.0 Å². The molecule has 4 aromatic carbocycles. The maximum absolute atomic E-state index is 6.18. The van der Waals surface area contributed by atoms with Gasteiger partial charge < -0.3 is 21.4 Å². The lowest BCUT2D eigenvalue weighted by Gasteiger charge is -2.13. The second-order valence-corrected chi connectivity index (χ2v) is 7.82. The molecule has 6 nitrogen and oxygen atoms in total. The fourth-order valence-corrected chi connectivity index (χ4v) is 4.15. The van der Waals surface area contributed by atoms with Gasteiger partial charge in [-0.3, -0.25) is 0 Å². The van der Waals surface area contributed by atoms with E-state index in [0.29, 0.717) is 11.4 Å². The van der Waals surface area contributed by atoms with Gasteiger partial charge in [0.1, 0.15) is 11.6 Å². The maximum Gasteiger partial charge on any atom is 0.139 e. The van der Waals surface area contributed by atoms with Gasteiger partial charge in [-0.1, -0.05) is 36.4 Å². The summed E-state index contributed by atoms with van der Waals surface area (Å²) in [5, 5.41) is 0. The standard InChI is InChI=1S/C26H20N6/c27-15-9-11-17(19(13-15)25-29-21-5-1-2-6-22(21)30-25)18-12-10-16(28)14-20(18)26-31-23-7-3-4-8-24(23)32-26/h1-14H,27-28H2,(H,29,30)(H,31,32). The minimum atomic E-state index is 0.671. The van der Waals surface area contributed by atoms with Crippen LogP contribution in [0.1, 0.15) is 0 Å². The molecule has 0 aliphatic carbocycles. The summed E-state index contributed by atoms with van der Waals surface area (Å²) < 4.78 is 0. The third kappa shape index (κ3) is 2.97. The first kappa shape index (κ1) is 18.2. The van der Waals surface area contributed by atoms with Crippen molar-refractivity contribution in [2.75, 3.05) is 11.5 Å². The van der Waals surface area contributed by atoms with Gasteiger partial charge in [-0.25, -0.2) is 9.97 Å². The molecule has 0 radical (unpaired) electrons. The quantitative estimate of drug-likeness (QED) is 0.281. The van der Waals surface area contributed by atoms with E-state index in [2.05, 4.69) is 9.97 Å². The third-order valence-corrected chi connectivity index (χ3v) is 5.67. The van der Waals surface area contributed by atoms with Crippen LogP contribution in [0.5, 0.6) is 0 Å². The van der Waals surface area contributed by atoms with Gasteiger partial charge in [0, 0.05) is 22.5 Å². The van der Waals surface area contributed by atoms with Gasteiger partial charge in [0.05, 0.1) is 22.1 Å². The molecule has 32 heavy (non-hydrogen) atoms. The lowest BCUT2D eigenvalue weighted by molar-refractivity contribution is 1.32. The predicted molar refractivity (Wildman–Crippen MR) is 131 cm³/mol. The smallest absolute Gasteiger partial charge is 0.139 e. The van der Waals surface area contributed by atoms with Crippen molar-refractivity contribution in [2.24, 2.45) is 0 Å². The molecule has 0 amide bonds. The van der Waals surface area contributed by atoms with E-state index in [-0.39, 0.29) is 0 Å². The highest BCUT2D eigenvalue weighted by molar-refractivity contribution is 5.94. The number of para-hydroxylation sites is 4. The molecule has 0 bridgehead atoms. The molecule has 0 atom stereocenters. The fourth-order valence-electron chi connectivity index (χ4n) is 4.15. The van der Waals surface area contributed by atoms with E-state index >= 15 is 0 Å². The highest BCUT2D eigenvalue weighted by Gasteiger charge is 2.17. The molecule has 6 heteroatoms. The highest BCUT2D eigenvalue weighted by Crippen LogP contribution is 2.39. The van der Waals surface area contributed by atoms with Gasteiger partial charge in [-0.05, 0) is 59.7 Å². The van der Waals surface area contributed by atoms with Crippen molar-refractivity contribution in [3.8, 4) is 33.9 Å². The number of hydrogen-bond acceptors (Lipinski definition) is 4. The lowest BCUT2D eigenvalue weighted by Crippen LogP contribution is -1.95. The molecular weight excluding hydrogens is 396 g/mol. The largest absolute Gasteiger partial charge is 0.399 e. The van der Waals surface area contributed by atoms with Crippen molar-refractivity contribution < 1.29 is 0 Å². The zero-order valence-electron chi connectivity index (χ0n) is 17.1. The van der Waals surface area contributed by atoms with Crippen molar-refractivity contribution in [3.05, 3.63) is 84.9 Å². The first-order chi connectivity index (χ1) is 15.7. The fraction of sp³-hybridized carbons (Fsp3) is 0. The molecule has 0 spiro atoms. The van der Waals surface area contributed by atoms with E-state index in [1.807, 2.05) is 84.9 Å². The van der Waals surface area contributed by atoms with Crippen LogP contribution < -0.4 is 11.5 Å². The van der Waals surface area contributed by atoms with Crippen LogP contribution in [0.4, 0.5) is 11.4 Å². The SMILES string of the molecule is Nc1ccc(-c2ccc(N)cc2-c2nc3ccccc3[nH]2)c(-c2nc3ccccc3[nH]2)c1. The number of nitrogen functional groups attached to an aromatic ring is 2. The minimum absolute atomic E-state index is 0.671. The van der Waals surface area contributed by atoms with E-state index in [1.54, 1.807) is 0 Å². The number of nitrogens with two attached hydrogens (primary N) is 2. The van der Waals surface area contributed by atoms with Crippen LogP contribution in [0.15, 0.2) is 84.9 Å². The van der Waals surface area contributed by atoms with Gasteiger partial charge in [-0.2, -0.15) is 0 Å². The summed E-state index contributed by atoms with van der Waals surface area (Å²) >= 11 is 0. The van der Waals surface area contributed by atoms with Crippen molar-refractivity contribution in [1.29, 1.82) is 0 Å².